The van der Waals surface area contributed by atoms with E-state index in [2.05, 4.69) is 24.8 Å². The number of methoxy groups -OCH3 is 1. The average molecular weight is 312 g/mol. The van der Waals surface area contributed by atoms with Crippen molar-refractivity contribution in [2.75, 3.05) is 7.11 Å². The van der Waals surface area contributed by atoms with E-state index in [-0.39, 0.29) is 0 Å². The van der Waals surface area contributed by atoms with Crippen LogP contribution < -0.4 is 0 Å². The average Bonchev–Trinajstić information content (AvgIpc) is 3.19. The topological polar surface area (TPSA) is 70.1 Å². The second-order valence-corrected chi connectivity index (χ2v) is 5.97. The maximum Gasteiger partial charge on any atom is 0.179 e. The summed E-state index contributed by atoms with van der Waals surface area (Å²) in [5.41, 5.74) is 1.62. The molecule has 7 heteroatoms. The molecule has 3 heterocycles. The summed E-state index contributed by atoms with van der Waals surface area (Å²) >= 11 is 0. The molecular formula is C16H20N6O. The molecule has 0 atom stereocenters. The van der Waals surface area contributed by atoms with Gasteiger partial charge in [-0.1, -0.05) is 19.3 Å². The van der Waals surface area contributed by atoms with Crippen molar-refractivity contribution >= 4 is 5.65 Å². The van der Waals surface area contributed by atoms with Crippen LogP contribution in [0, 0.1) is 0 Å². The molecule has 3 aromatic rings. The Morgan fingerprint density at radius 3 is 2.87 bits per heavy atom. The quantitative estimate of drug-likeness (QED) is 0.740. The summed E-state index contributed by atoms with van der Waals surface area (Å²) in [6.45, 7) is 0.415. The lowest BCUT2D eigenvalue weighted by molar-refractivity contribution is 0.176. The van der Waals surface area contributed by atoms with Crippen molar-refractivity contribution in [1.82, 2.24) is 29.4 Å². The maximum absolute atomic E-state index is 5.20. The Balaban J connectivity index is 1.78. The van der Waals surface area contributed by atoms with Crippen molar-refractivity contribution in [2.45, 2.75) is 44.8 Å². The summed E-state index contributed by atoms with van der Waals surface area (Å²) in [4.78, 5) is 8.99. The van der Waals surface area contributed by atoms with Gasteiger partial charge in [-0.2, -0.15) is 10.2 Å². The first-order chi connectivity index (χ1) is 11.3. The van der Waals surface area contributed by atoms with Crippen LogP contribution in [0.3, 0.4) is 0 Å². The smallest absolute Gasteiger partial charge is 0.179 e. The molecule has 0 amide bonds. The molecule has 7 nitrogen and oxygen atoms in total. The van der Waals surface area contributed by atoms with E-state index >= 15 is 0 Å². The highest BCUT2D eigenvalue weighted by molar-refractivity contribution is 5.57. The first-order valence-corrected chi connectivity index (χ1v) is 8.10. The molecule has 0 N–H and O–H groups in total. The minimum absolute atomic E-state index is 0.398. The summed E-state index contributed by atoms with van der Waals surface area (Å²) < 4.78 is 9.02. The lowest BCUT2D eigenvalue weighted by atomic mass is 9.95. The molecule has 0 aliphatic heterocycles. The van der Waals surface area contributed by atoms with Gasteiger partial charge >= 0.3 is 0 Å². The van der Waals surface area contributed by atoms with E-state index in [9.17, 15) is 0 Å². The minimum atomic E-state index is 0.398. The van der Waals surface area contributed by atoms with Crippen LogP contribution in [0.2, 0.25) is 0 Å². The van der Waals surface area contributed by atoms with Crippen molar-refractivity contribution in [3.63, 3.8) is 0 Å². The van der Waals surface area contributed by atoms with Crippen molar-refractivity contribution in [3.8, 4) is 11.5 Å². The number of fused-ring (bicyclic) bond motifs is 1. The number of hydrogen-bond acceptors (Lipinski definition) is 5. The van der Waals surface area contributed by atoms with Crippen LogP contribution >= 0.6 is 0 Å². The van der Waals surface area contributed by atoms with Gasteiger partial charge in [-0.3, -0.25) is 0 Å². The molecule has 0 saturated heterocycles. The van der Waals surface area contributed by atoms with E-state index in [1.807, 2.05) is 18.3 Å². The molecule has 0 unspecified atom stereocenters. The largest absolute Gasteiger partial charge is 0.377 e. The van der Waals surface area contributed by atoms with E-state index in [0.29, 0.717) is 18.5 Å². The molecule has 4 rings (SSSR count). The standard InChI is InChI=1S/C16H20N6O/c1-23-11-14-18-16(22(20-14)12-6-3-2-4-7-12)13-10-15-17-8-5-9-21(15)19-13/h5,8-10,12H,2-4,6-7,11H2,1H3. The van der Waals surface area contributed by atoms with Gasteiger partial charge in [0, 0.05) is 25.6 Å². The summed E-state index contributed by atoms with van der Waals surface area (Å²) in [5.74, 6) is 1.52. The van der Waals surface area contributed by atoms with Gasteiger partial charge in [-0.05, 0) is 18.9 Å². The van der Waals surface area contributed by atoms with Gasteiger partial charge < -0.3 is 4.74 Å². The van der Waals surface area contributed by atoms with Crippen LogP contribution in [0.4, 0.5) is 0 Å². The van der Waals surface area contributed by atoms with Crippen LogP contribution in [-0.4, -0.2) is 36.5 Å². The van der Waals surface area contributed by atoms with Crippen molar-refractivity contribution < 1.29 is 4.74 Å². The molecule has 1 aliphatic rings. The predicted molar refractivity (Wildman–Crippen MR) is 84.8 cm³/mol. The monoisotopic (exact) mass is 312 g/mol. The van der Waals surface area contributed by atoms with Crippen LogP contribution in [0.15, 0.2) is 24.5 Å². The molecule has 0 radical (unpaired) electrons. The Kier molecular flexibility index (Phi) is 3.78. The third-order valence-electron chi connectivity index (χ3n) is 4.33. The maximum atomic E-state index is 5.20. The van der Waals surface area contributed by atoms with Gasteiger partial charge in [0.25, 0.3) is 0 Å². The van der Waals surface area contributed by atoms with Crippen LogP contribution in [0.25, 0.3) is 17.2 Å². The van der Waals surface area contributed by atoms with Gasteiger partial charge in [-0.25, -0.2) is 19.2 Å². The fourth-order valence-electron chi connectivity index (χ4n) is 3.25. The highest BCUT2D eigenvalue weighted by atomic mass is 16.5. The van der Waals surface area contributed by atoms with Crippen molar-refractivity contribution in [1.29, 1.82) is 0 Å². The number of hydrogen-bond donors (Lipinski definition) is 0. The van der Waals surface area contributed by atoms with Crippen LogP contribution in [0.5, 0.6) is 0 Å². The second kappa shape index (κ2) is 6.08. The fourth-order valence-corrected chi connectivity index (χ4v) is 3.25. The number of rotatable bonds is 4. The van der Waals surface area contributed by atoms with E-state index in [1.165, 1.54) is 19.3 Å². The molecule has 1 saturated carbocycles. The minimum Gasteiger partial charge on any atom is -0.377 e. The zero-order chi connectivity index (χ0) is 15.6. The Morgan fingerprint density at radius 2 is 2.09 bits per heavy atom. The molecule has 1 fully saturated rings. The number of ether oxygens (including phenoxy) is 1. The Bertz CT molecular complexity index is 769. The molecule has 120 valence electrons. The summed E-state index contributed by atoms with van der Waals surface area (Å²) in [6, 6.07) is 4.22. The summed E-state index contributed by atoms with van der Waals surface area (Å²) in [7, 11) is 1.66. The molecule has 23 heavy (non-hydrogen) atoms. The van der Waals surface area contributed by atoms with E-state index in [4.69, 9.17) is 4.74 Å². The number of nitrogens with zero attached hydrogens (tertiary/aromatic N) is 6. The van der Waals surface area contributed by atoms with E-state index < -0.39 is 0 Å². The SMILES string of the molecule is COCc1nc(-c2cc3ncccn3n2)n(C2CCCCC2)n1. The third kappa shape index (κ3) is 2.72. The van der Waals surface area contributed by atoms with Gasteiger partial charge in [0.1, 0.15) is 12.3 Å². The normalized spacial score (nSPS) is 16.2. The van der Waals surface area contributed by atoms with Gasteiger partial charge in [0.05, 0.1) is 6.04 Å². The van der Waals surface area contributed by atoms with E-state index in [1.54, 1.807) is 17.8 Å². The van der Waals surface area contributed by atoms with Crippen LogP contribution in [0.1, 0.15) is 44.0 Å². The van der Waals surface area contributed by atoms with Gasteiger partial charge in [-0.15, -0.1) is 0 Å². The second-order valence-electron chi connectivity index (χ2n) is 5.97. The van der Waals surface area contributed by atoms with Crippen molar-refractivity contribution in [3.05, 3.63) is 30.4 Å². The highest BCUT2D eigenvalue weighted by Crippen LogP contribution is 2.31. The van der Waals surface area contributed by atoms with Crippen molar-refractivity contribution in [2.24, 2.45) is 0 Å². The molecule has 0 bridgehead atoms. The lowest BCUT2D eigenvalue weighted by Gasteiger charge is -2.22. The first-order valence-electron chi connectivity index (χ1n) is 8.10. The Hall–Kier alpha value is -2.28. The van der Waals surface area contributed by atoms with Crippen LogP contribution in [-0.2, 0) is 11.3 Å². The molecular weight excluding hydrogens is 292 g/mol. The van der Waals surface area contributed by atoms with Gasteiger partial charge in [0.2, 0.25) is 0 Å². The lowest BCUT2D eigenvalue weighted by Crippen LogP contribution is -2.15. The zero-order valence-electron chi connectivity index (χ0n) is 13.2. The third-order valence-corrected chi connectivity index (χ3v) is 4.33. The number of aromatic nitrogens is 6. The zero-order valence-corrected chi connectivity index (χ0v) is 13.2. The van der Waals surface area contributed by atoms with E-state index in [0.717, 1.165) is 30.0 Å². The summed E-state index contributed by atoms with van der Waals surface area (Å²) in [5, 5.41) is 9.28. The molecule has 0 aromatic carbocycles. The molecule has 1 aliphatic carbocycles. The molecule has 0 spiro atoms. The molecule has 3 aromatic heterocycles. The highest BCUT2D eigenvalue weighted by Gasteiger charge is 2.23. The Morgan fingerprint density at radius 1 is 1.22 bits per heavy atom. The first kappa shape index (κ1) is 14.3. The fraction of sp³-hybridized carbons (Fsp3) is 0.500. The summed E-state index contributed by atoms with van der Waals surface area (Å²) in [6.07, 6.45) is 9.76. The Labute approximate surface area is 134 Å². The predicted octanol–water partition coefficient (Wildman–Crippen LogP) is 2.64. The van der Waals surface area contributed by atoms with Gasteiger partial charge in [0.15, 0.2) is 17.3 Å².